The molecular formula is C30H33ClN2O5S. The second-order valence-corrected chi connectivity index (χ2v) is 11.5. The van der Waals surface area contributed by atoms with Crippen LogP contribution in [0.25, 0.3) is 0 Å². The highest BCUT2D eigenvalue weighted by Crippen LogP contribution is 2.28. The number of anilines is 1. The van der Waals surface area contributed by atoms with Crippen LogP contribution in [-0.4, -0.2) is 46.9 Å². The van der Waals surface area contributed by atoms with E-state index in [4.69, 9.17) is 21.1 Å². The first-order valence-corrected chi connectivity index (χ1v) is 14.7. The van der Waals surface area contributed by atoms with E-state index in [9.17, 15) is 13.2 Å². The molecule has 9 heteroatoms. The second-order valence-electron chi connectivity index (χ2n) is 9.21. The Morgan fingerprint density at radius 1 is 1.03 bits per heavy atom. The van der Waals surface area contributed by atoms with Crippen LogP contribution < -0.4 is 19.1 Å². The third-order valence-corrected chi connectivity index (χ3v) is 7.24. The van der Waals surface area contributed by atoms with E-state index in [0.717, 1.165) is 17.4 Å². The lowest BCUT2D eigenvalue weighted by atomic mass is 10.0. The van der Waals surface area contributed by atoms with Crippen molar-refractivity contribution < 1.29 is 22.7 Å². The van der Waals surface area contributed by atoms with Crippen LogP contribution in [0.5, 0.6) is 11.5 Å². The van der Waals surface area contributed by atoms with Crippen molar-refractivity contribution in [1.82, 2.24) is 5.32 Å². The van der Waals surface area contributed by atoms with E-state index in [-0.39, 0.29) is 18.4 Å². The fourth-order valence-corrected chi connectivity index (χ4v) is 5.40. The Labute approximate surface area is 236 Å². The van der Waals surface area contributed by atoms with Gasteiger partial charge in [0.05, 0.1) is 19.1 Å². The highest BCUT2D eigenvalue weighted by Gasteiger charge is 2.34. The quantitative estimate of drug-likeness (QED) is 0.332. The van der Waals surface area contributed by atoms with E-state index < -0.39 is 16.1 Å². The van der Waals surface area contributed by atoms with Gasteiger partial charge in [0.15, 0.2) is 11.5 Å². The van der Waals surface area contributed by atoms with Gasteiger partial charge in [-0.25, -0.2) is 8.42 Å². The summed E-state index contributed by atoms with van der Waals surface area (Å²) in [5.74, 6) is 6.49. The smallest absolute Gasteiger partial charge is 0.244 e. The molecule has 0 radical (unpaired) electrons. The Balaban J connectivity index is 1.62. The molecule has 0 aliphatic rings. The van der Waals surface area contributed by atoms with Gasteiger partial charge in [0, 0.05) is 17.1 Å². The SMILES string of the molecule is COc1cc(CCNC(=O)[C@H](C(C)C)N(c2ccccc2)S(C)(=O)=O)ccc1OCC#Cc1ccc(Cl)cc1. The predicted molar refractivity (Wildman–Crippen MR) is 156 cm³/mol. The van der Waals surface area contributed by atoms with E-state index in [1.165, 1.54) is 4.31 Å². The van der Waals surface area contributed by atoms with Crippen LogP contribution >= 0.6 is 11.6 Å². The van der Waals surface area contributed by atoms with Crippen LogP contribution in [-0.2, 0) is 21.2 Å². The minimum absolute atomic E-state index is 0.184. The molecule has 0 aromatic heterocycles. The number of nitrogens with one attached hydrogen (secondary N) is 1. The van der Waals surface area contributed by atoms with E-state index in [1.54, 1.807) is 55.6 Å². The highest BCUT2D eigenvalue weighted by atomic mass is 35.5. The molecule has 0 spiro atoms. The molecule has 0 aliphatic heterocycles. The molecule has 206 valence electrons. The Morgan fingerprint density at radius 2 is 1.72 bits per heavy atom. The van der Waals surface area contributed by atoms with Crippen molar-refractivity contribution >= 4 is 33.2 Å². The number of carbonyl (C=O) groups excluding carboxylic acids is 1. The molecule has 7 nitrogen and oxygen atoms in total. The molecular weight excluding hydrogens is 536 g/mol. The van der Waals surface area contributed by atoms with Crippen LogP contribution in [0.2, 0.25) is 5.02 Å². The molecule has 1 amide bonds. The minimum Gasteiger partial charge on any atom is -0.493 e. The van der Waals surface area contributed by atoms with E-state index >= 15 is 0 Å². The molecule has 39 heavy (non-hydrogen) atoms. The maximum Gasteiger partial charge on any atom is 0.244 e. The summed E-state index contributed by atoms with van der Waals surface area (Å²) in [5.41, 5.74) is 2.22. The first-order chi connectivity index (χ1) is 18.6. The van der Waals surface area contributed by atoms with Gasteiger partial charge in [0.25, 0.3) is 0 Å². The number of rotatable bonds is 11. The molecule has 0 aliphatic carbocycles. The fourth-order valence-electron chi connectivity index (χ4n) is 4.02. The lowest BCUT2D eigenvalue weighted by Gasteiger charge is -2.33. The Bertz CT molecular complexity index is 1420. The summed E-state index contributed by atoms with van der Waals surface area (Å²) in [6, 6.07) is 20.6. The number of amides is 1. The van der Waals surface area contributed by atoms with Gasteiger partial charge in [-0.3, -0.25) is 9.10 Å². The van der Waals surface area contributed by atoms with E-state index in [0.29, 0.717) is 35.2 Å². The number of benzene rings is 3. The number of hydrogen-bond acceptors (Lipinski definition) is 5. The third-order valence-electron chi connectivity index (χ3n) is 5.84. The van der Waals surface area contributed by atoms with Crippen molar-refractivity contribution in [1.29, 1.82) is 0 Å². The van der Waals surface area contributed by atoms with Crippen LogP contribution in [0, 0.1) is 17.8 Å². The number of methoxy groups -OCH3 is 1. The van der Waals surface area contributed by atoms with E-state index in [1.807, 2.05) is 38.1 Å². The largest absolute Gasteiger partial charge is 0.493 e. The van der Waals surface area contributed by atoms with Crippen molar-refractivity contribution in [3.63, 3.8) is 0 Å². The molecule has 0 fully saturated rings. The number of hydrogen-bond donors (Lipinski definition) is 1. The lowest BCUT2D eigenvalue weighted by molar-refractivity contribution is -0.123. The summed E-state index contributed by atoms with van der Waals surface area (Å²) in [5, 5.41) is 3.56. The van der Waals surface area contributed by atoms with E-state index in [2.05, 4.69) is 17.2 Å². The van der Waals surface area contributed by atoms with Gasteiger partial charge in [0.2, 0.25) is 15.9 Å². The van der Waals surface area contributed by atoms with Crippen molar-refractivity contribution in [2.75, 3.05) is 30.8 Å². The van der Waals surface area contributed by atoms with Crippen LogP contribution in [0.3, 0.4) is 0 Å². The number of halogens is 1. The minimum atomic E-state index is -3.70. The summed E-state index contributed by atoms with van der Waals surface area (Å²) in [6.45, 7) is 4.16. The summed E-state index contributed by atoms with van der Waals surface area (Å²) in [7, 11) is -2.14. The number of ether oxygens (including phenoxy) is 2. The van der Waals surface area contributed by atoms with Gasteiger partial charge < -0.3 is 14.8 Å². The number of nitrogens with zero attached hydrogens (tertiary/aromatic N) is 1. The molecule has 0 heterocycles. The average Bonchev–Trinajstić information content (AvgIpc) is 2.90. The Hall–Kier alpha value is -3.67. The van der Waals surface area contributed by atoms with Gasteiger partial charge in [-0.2, -0.15) is 0 Å². The molecule has 1 atom stereocenters. The van der Waals surface area contributed by atoms with Gasteiger partial charge in [0.1, 0.15) is 12.6 Å². The standard InChI is InChI=1S/C30H33ClN2O5S/c1-22(2)29(33(39(4,35)36)26-10-6-5-7-11-26)30(34)32-19-18-24-14-17-27(28(21-24)37-3)38-20-8-9-23-12-15-25(31)16-13-23/h5-7,10-17,21-22,29H,18-20H2,1-4H3,(H,32,34)/t29-/m0/s1. The average molecular weight is 569 g/mol. The fraction of sp³-hybridized carbons (Fsp3) is 0.300. The summed E-state index contributed by atoms with van der Waals surface area (Å²) >= 11 is 5.89. The van der Waals surface area contributed by atoms with Crippen LogP contribution in [0.1, 0.15) is 25.0 Å². The summed E-state index contributed by atoms with van der Waals surface area (Å²) < 4.78 is 37.8. The highest BCUT2D eigenvalue weighted by molar-refractivity contribution is 7.92. The first kappa shape index (κ1) is 29.9. The number of para-hydroxylation sites is 1. The topological polar surface area (TPSA) is 84.9 Å². The predicted octanol–water partition coefficient (Wildman–Crippen LogP) is 4.93. The molecule has 3 rings (SSSR count). The second kappa shape index (κ2) is 13.9. The normalized spacial score (nSPS) is 11.7. The Kier molecular flexibility index (Phi) is 10.7. The van der Waals surface area contributed by atoms with Gasteiger partial charge in [-0.15, -0.1) is 0 Å². The van der Waals surface area contributed by atoms with Gasteiger partial charge in [-0.05, 0) is 66.4 Å². The zero-order chi connectivity index (χ0) is 28.4. The van der Waals surface area contributed by atoms with Crippen LogP contribution in [0.4, 0.5) is 5.69 Å². The zero-order valence-electron chi connectivity index (χ0n) is 22.5. The maximum absolute atomic E-state index is 13.2. The zero-order valence-corrected chi connectivity index (χ0v) is 24.1. The monoisotopic (exact) mass is 568 g/mol. The molecule has 0 unspecified atom stereocenters. The van der Waals surface area contributed by atoms with Gasteiger partial charge >= 0.3 is 0 Å². The van der Waals surface area contributed by atoms with Crippen molar-refractivity contribution in [2.24, 2.45) is 5.92 Å². The molecule has 0 saturated carbocycles. The first-order valence-electron chi connectivity index (χ1n) is 12.5. The molecule has 3 aromatic rings. The number of carbonyl (C=O) groups is 1. The lowest BCUT2D eigenvalue weighted by Crippen LogP contribution is -2.52. The van der Waals surface area contributed by atoms with Gasteiger partial charge in [-0.1, -0.05) is 61.6 Å². The molecule has 3 aromatic carbocycles. The summed E-state index contributed by atoms with van der Waals surface area (Å²) in [4.78, 5) is 13.2. The van der Waals surface area contributed by atoms with Crippen molar-refractivity contribution in [3.05, 3.63) is 88.9 Å². The molecule has 1 N–H and O–H groups in total. The maximum atomic E-state index is 13.2. The Morgan fingerprint density at radius 3 is 2.33 bits per heavy atom. The summed E-state index contributed by atoms with van der Waals surface area (Å²) in [6.07, 6.45) is 1.63. The van der Waals surface area contributed by atoms with Crippen molar-refractivity contribution in [2.45, 2.75) is 26.3 Å². The molecule has 0 bridgehead atoms. The van der Waals surface area contributed by atoms with Crippen molar-refractivity contribution in [3.8, 4) is 23.3 Å². The molecule has 0 saturated heterocycles. The number of sulfonamides is 1. The third kappa shape index (κ3) is 8.67. The van der Waals surface area contributed by atoms with Crippen LogP contribution in [0.15, 0.2) is 72.8 Å².